The van der Waals surface area contributed by atoms with Gasteiger partial charge in [-0.1, -0.05) is 65.2 Å². The number of hydrogen-bond donors (Lipinski definition) is 0. The van der Waals surface area contributed by atoms with Crippen LogP contribution in [0.1, 0.15) is 60.3 Å². The first-order valence-corrected chi connectivity index (χ1v) is 7.96. The minimum atomic E-state index is 0.450. The van der Waals surface area contributed by atoms with Crippen LogP contribution in [0, 0.1) is 11.3 Å². The summed E-state index contributed by atoms with van der Waals surface area (Å²) < 4.78 is 0. The molecule has 19 heavy (non-hydrogen) atoms. The fourth-order valence-electron chi connectivity index (χ4n) is 3.06. The highest BCUT2D eigenvalue weighted by Crippen LogP contribution is 2.35. The van der Waals surface area contributed by atoms with Crippen LogP contribution in [-0.4, -0.2) is 24.5 Å². The second-order valence-corrected chi connectivity index (χ2v) is 6.92. The highest BCUT2D eigenvalue weighted by atomic mass is 15.1. The number of hydrogen-bond acceptors (Lipinski definition) is 1. The van der Waals surface area contributed by atoms with Crippen LogP contribution in [0.5, 0.6) is 0 Å². The Kier molecular flexibility index (Phi) is 6.32. The summed E-state index contributed by atoms with van der Waals surface area (Å²) in [7, 11) is 0. The van der Waals surface area contributed by atoms with Crippen LogP contribution in [0.25, 0.3) is 0 Å². The molecule has 0 saturated carbocycles. The average Bonchev–Trinajstić information content (AvgIpc) is 2.69. The standard InChI is InChI=1S/C18H33N/c1-7-9-10-11-18(6,15(3)4)14-19-12-16(5)17(8-2)13-19/h8,15H,2,7,9-14H2,1,3-6H3. The Morgan fingerprint density at radius 2 is 2.00 bits per heavy atom. The summed E-state index contributed by atoms with van der Waals surface area (Å²) in [5.74, 6) is 0.748. The molecule has 1 aliphatic heterocycles. The normalized spacial score (nSPS) is 20.1. The van der Waals surface area contributed by atoms with E-state index in [0.717, 1.165) is 19.0 Å². The molecule has 1 unspecified atom stereocenters. The van der Waals surface area contributed by atoms with Gasteiger partial charge in [-0.3, -0.25) is 4.90 Å². The third kappa shape index (κ3) is 4.49. The summed E-state index contributed by atoms with van der Waals surface area (Å²) in [5, 5.41) is 0. The van der Waals surface area contributed by atoms with Crippen molar-refractivity contribution in [2.24, 2.45) is 11.3 Å². The van der Waals surface area contributed by atoms with Crippen molar-refractivity contribution in [2.45, 2.75) is 60.3 Å². The van der Waals surface area contributed by atoms with Gasteiger partial charge >= 0.3 is 0 Å². The molecule has 0 aromatic rings. The molecular formula is C18H33N. The Labute approximate surface area is 120 Å². The molecule has 1 rings (SSSR count). The monoisotopic (exact) mass is 263 g/mol. The maximum absolute atomic E-state index is 3.94. The second-order valence-electron chi connectivity index (χ2n) is 6.92. The molecule has 0 fully saturated rings. The predicted octanol–water partition coefficient (Wildman–Crippen LogP) is 5.05. The van der Waals surface area contributed by atoms with E-state index in [1.165, 1.54) is 43.4 Å². The first kappa shape index (κ1) is 16.5. The topological polar surface area (TPSA) is 3.24 Å². The lowest BCUT2D eigenvalue weighted by Gasteiger charge is -2.38. The third-order valence-corrected chi connectivity index (χ3v) is 4.98. The van der Waals surface area contributed by atoms with Crippen LogP contribution >= 0.6 is 0 Å². The fourth-order valence-corrected chi connectivity index (χ4v) is 3.06. The van der Waals surface area contributed by atoms with Gasteiger partial charge in [0, 0.05) is 19.6 Å². The largest absolute Gasteiger partial charge is 0.295 e. The van der Waals surface area contributed by atoms with Crippen molar-refractivity contribution in [3.05, 3.63) is 23.8 Å². The van der Waals surface area contributed by atoms with Gasteiger partial charge in [0.2, 0.25) is 0 Å². The van der Waals surface area contributed by atoms with Crippen molar-refractivity contribution in [1.29, 1.82) is 0 Å². The van der Waals surface area contributed by atoms with Gasteiger partial charge in [0.25, 0.3) is 0 Å². The number of rotatable bonds is 8. The Morgan fingerprint density at radius 1 is 1.32 bits per heavy atom. The molecule has 0 aliphatic carbocycles. The van der Waals surface area contributed by atoms with E-state index in [1.807, 2.05) is 6.08 Å². The Morgan fingerprint density at radius 3 is 2.47 bits per heavy atom. The van der Waals surface area contributed by atoms with Gasteiger partial charge in [-0.05, 0) is 30.3 Å². The zero-order chi connectivity index (χ0) is 14.5. The SMILES string of the molecule is C=CC1=C(C)CN(CC(C)(CCCCC)C(C)C)C1. The molecule has 0 saturated heterocycles. The Balaban J connectivity index is 2.58. The molecule has 0 aromatic carbocycles. The van der Waals surface area contributed by atoms with Crippen molar-refractivity contribution < 1.29 is 0 Å². The minimum Gasteiger partial charge on any atom is -0.295 e. The van der Waals surface area contributed by atoms with Gasteiger partial charge in [-0.2, -0.15) is 0 Å². The van der Waals surface area contributed by atoms with E-state index in [2.05, 4.69) is 46.1 Å². The summed E-state index contributed by atoms with van der Waals surface area (Å²) in [6.07, 6.45) is 7.47. The molecule has 1 heterocycles. The van der Waals surface area contributed by atoms with Gasteiger partial charge in [0.15, 0.2) is 0 Å². The summed E-state index contributed by atoms with van der Waals surface area (Å²) in [6, 6.07) is 0. The Hall–Kier alpha value is -0.560. The minimum absolute atomic E-state index is 0.450. The number of unbranched alkanes of at least 4 members (excludes halogenated alkanes) is 2. The van der Waals surface area contributed by atoms with E-state index in [0.29, 0.717) is 5.41 Å². The molecule has 0 spiro atoms. The fraction of sp³-hybridized carbons (Fsp3) is 0.778. The van der Waals surface area contributed by atoms with Crippen LogP contribution in [-0.2, 0) is 0 Å². The summed E-state index contributed by atoms with van der Waals surface area (Å²) in [5.41, 5.74) is 3.40. The lowest BCUT2D eigenvalue weighted by atomic mass is 9.74. The van der Waals surface area contributed by atoms with Crippen LogP contribution in [0.3, 0.4) is 0 Å². The first-order chi connectivity index (χ1) is 8.92. The third-order valence-electron chi connectivity index (χ3n) is 4.98. The molecular weight excluding hydrogens is 230 g/mol. The van der Waals surface area contributed by atoms with Crippen LogP contribution < -0.4 is 0 Å². The Bertz CT molecular complexity index is 327. The zero-order valence-corrected chi connectivity index (χ0v) is 13.8. The molecule has 1 nitrogen and oxygen atoms in total. The van der Waals surface area contributed by atoms with Crippen molar-refractivity contribution in [2.75, 3.05) is 19.6 Å². The summed E-state index contributed by atoms with van der Waals surface area (Å²) in [4.78, 5) is 2.61. The van der Waals surface area contributed by atoms with Crippen molar-refractivity contribution in [3.8, 4) is 0 Å². The average molecular weight is 263 g/mol. The zero-order valence-electron chi connectivity index (χ0n) is 13.8. The van der Waals surface area contributed by atoms with Gasteiger partial charge in [-0.25, -0.2) is 0 Å². The van der Waals surface area contributed by atoms with E-state index in [9.17, 15) is 0 Å². The first-order valence-electron chi connectivity index (χ1n) is 7.96. The lowest BCUT2D eigenvalue weighted by Crippen LogP contribution is -2.38. The van der Waals surface area contributed by atoms with E-state index in [1.54, 1.807) is 0 Å². The van der Waals surface area contributed by atoms with Gasteiger partial charge in [0.05, 0.1) is 0 Å². The lowest BCUT2D eigenvalue weighted by molar-refractivity contribution is 0.121. The number of nitrogens with zero attached hydrogens (tertiary/aromatic N) is 1. The molecule has 0 amide bonds. The maximum Gasteiger partial charge on any atom is 0.0237 e. The van der Waals surface area contributed by atoms with Gasteiger partial charge in [-0.15, -0.1) is 0 Å². The van der Waals surface area contributed by atoms with Gasteiger partial charge < -0.3 is 0 Å². The molecule has 1 atom stereocenters. The van der Waals surface area contributed by atoms with Crippen molar-refractivity contribution in [1.82, 2.24) is 4.90 Å². The van der Waals surface area contributed by atoms with Crippen LogP contribution in [0.4, 0.5) is 0 Å². The summed E-state index contributed by atoms with van der Waals surface area (Å²) in [6.45, 7) is 19.2. The predicted molar refractivity (Wildman–Crippen MR) is 86.4 cm³/mol. The van der Waals surface area contributed by atoms with E-state index < -0.39 is 0 Å². The molecule has 0 bridgehead atoms. The van der Waals surface area contributed by atoms with Crippen LogP contribution in [0.2, 0.25) is 0 Å². The van der Waals surface area contributed by atoms with Gasteiger partial charge in [0.1, 0.15) is 0 Å². The van der Waals surface area contributed by atoms with E-state index >= 15 is 0 Å². The smallest absolute Gasteiger partial charge is 0.0237 e. The highest BCUT2D eigenvalue weighted by molar-refractivity contribution is 5.29. The molecule has 1 aliphatic rings. The van der Waals surface area contributed by atoms with E-state index in [-0.39, 0.29) is 0 Å². The second kappa shape index (κ2) is 7.28. The molecule has 1 heteroatoms. The van der Waals surface area contributed by atoms with Crippen molar-refractivity contribution in [3.63, 3.8) is 0 Å². The van der Waals surface area contributed by atoms with Crippen LogP contribution in [0.15, 0.2) is 23.8 Å². The molecule has 0 radical (unpaired) electrons. The summed E-state index contributed by atoms with van der Waals surface area (Å²) >= 11 is 0. The maximum atomic E-state index is 3.94. The molecule has 110 valence electrons. The quantitative estimate of drug-likeness (QED) is 0.554. The van der Waals surface area contributed by atoms with E-state index in [4.69, 9.17) is 0 Å². The highest BCUT2D eigenvalue weighted by Gasteiger charge is 2.31. The molecule has 0 N–H and O–H groups in total. The molecule has 0 aromatic heterocycles. The van der Waals surface area contributed by atoms with Crippen molar-refractivity contribution >= 4 is 0 Å².